The van der Waals surface area contributed by atoms with Gasteiger partial charge in [0, 0.05) is 62.0 Å². The molecular formula is C33H43N5O5. The SMILES string of the molecule is CC(=O)N1CCC[C@@H](c2nc(-c3cncc(C(O)(c4ccc(C(C)C)cc4)C4(C)CN(C(=O)OC(C)(C)C)C4)c3)no2)C1. The second kappa shape index (κ2) is 11.4. The Balaban J connectivity index is 1.48. The number of piperidine rings is 1. The molecule has 2 saturated heterocycles. The van der Waals surface area contributed by atoms with Gasteiger partial charge in [0.15, 0.2) is 0 Å². The number of carbonyl (C=O) groups is 2. The number of ether oxygens (including phenoxy) is 1. The maximum absolute atomic E-state index is 12.8. The second-order valence-electron chi connectivity index (χ2n) is 13.6. The Labute approximate surface area is 253 Å². The number of hydrogen-bond acceptors (Lipinski definition) is 8. The summed E-state index contributed by atoms with van der Waals surface area (Å²) in [6.45, 7) is 15.2. The van der Waals surface area contributed by atoms with E-state index in [9.17, 15) is 14.7 Å². The van der Waals surface area contributed by atoms with Crippen LogP contribution in [0.5, 0.6) is 0 Å². The quantitative estimate of drug-likeness (QED) is 0.402. The second-order valence-corrected chi connectivity index (χ2v) is 13.6. The maximum Gasteiger partial charge on any atom is 0.410 e. The zero-order valence-corrected chi connectivity index (χ0v) is 26.3. The molecular weight excluding hydrogens is 546 g/mol. The van der Waals surface area contributed by atoms with Crippen molar-refractivity contribution in [1.29, 1.82) is 0 Å². The van der Waals surface area contributed by atoms with Crippen molar-refractivity contribution in [1.82, 2.24) is 24.9 Å². The number of pyridine rings is 1. The third kappa shape index (κ3) is 6.02. The van der Waals surface area contributed by atoms with Crippen LogP contribution in [0.4, 0.5) is 4.79 Å². The molecule has 0 aliphatic carbocycles. The molecule has 2 aliphatic heterocycles. The highest BCUT2D eigenvalue weighted by Gasteiger charge is 2.58. The summed E-state index contributed by atoms with van der Waals surface area (Å²) in [4.78, 5) is 37.4. The molecule has 2 aromatic heterocycles. The van der Waals surface area contributed by atoms with E-state index in [1.165, 1.54) is 0 Å². The summed E-state index contributed by atoms with van der Waals surface area (Å²) in [7, 11) is 0. The molecule has 2 atom stereocenters. The van der Waals surface area contributed by atoms with Crippen molar-refractivity contribution in [2.45, 2.75) is 84.3 Å². The Morgan fingerprint density at radius 1 is 1.09 bits per heavy atom. The summed E-state index contributed by atoms with van der Waals surface area (Å²) in [6.07, 6.45) is 4.65. The smallest absolute Gasteiger partial charge is 0.410 e. The molecule has 1 unspecified atom stereocenters. The van der Waals surface area contributed by atoms with Crippen molar-refractivity contribution < 1.29 is 24.0 Å². The Kier molecular flexibility index (Phi) is 8.11. The number of aromatic nitrogens is 3. The van der Waals surface area contributed by atoms with Crippen molar-refractivity contribution in [3.8, 4) is 11.4 Å². The first kappa shape index (κ1) is 30.7. The average molecular weight is 590 g/mol. The standard InChI is InChI=1S/C33H43N5O5/c1-21(2)23-10-12-26(13-11-23)33(41,32(7)19-38(20-32)30(40)42-31(4,5)6)27-15-25(16-34-17-27)28-35-29(43-36-28)24-9-8-14-37(18-24)22(3)39/h10-13,15-17,21,24,41H,8-9,14,18-20H2,1-7H3/t24-,33?/m1/s1. The van der Waals surface area contributed by atoms with E-state index in [2.05, 4.69) is 29.0 Å². The van der Waals surface area contributed by atoms with Gasteiger partial charge < -0.3 is 24.2 Å². The lowest BCUT2D eigenvalue weighted by Crippen LogP contribution is -2.66. The lowest BCUT2D eigenvalue weighted by atomic mass is 9.62. The van der Waals surface area contributed by atoms with Crippen molar-refractivity contribution in [3.05, 3.63) is 65.3 Å². The minimum absolute atomic E-state index is 0.0285. The fourth-order valence-electron chi connectivity index (χ4n) is 6.20. The molecule has 2 fully saturated rings. The minimum Gasteiger partial charge on any atom is -0.444 e. The van der Waals surface area contributed by atoms with Crippen LogP contribution in [-0.4, -0.2) is 73.8 Å². The Morgan fingerprint density at radius 3 is 2.42 bits per heavy atom. The number of amides is 2. The number of likely N-dealkylation sites (tertiary alicyclic amines) is 2. The fraction of sp³-hybridized carbons (Fsp3) is 0.545. The number of hydrogen-bond donors (Lipinski definition) is 1. The van der Waals surface area contributed by atoms with E-state index in [-0.39, 0.29) is 11.8 Å². The van der Waals surface area contributed by atoms with Gasteiger partial charge in [-0.3, -0.25) is 9.78 Å². The molecule has 1 N–H and O–H groups in total. The van der Waals surface area contributed by atoms with Gasteiger partial charge in [-0.25, -0.2) is 4.79 Å². The van der Waals surface area contributed by atoms with Gasteiger partial charge in [-0.15, -0.1) is 0 Å². The van der Waals surface area contributed by atoms with E-state index in [1.807, 2.05) is 62.9 Å². The molecule has 0 bridgehead atoms. The van der Waals surface area contributed by atoms with Gasteiger partial charge in [0.25, 0.3) is 0 Å². The van der Waals surface area contributed by atoms with Gasteiger partial charge in [0.2, 0.25) is 17.6 Å². The van der Waals surface area contributed by atoms with Gasteiger partial charge in [-0.2, -0.15) is 4.98 Å². The van der Waals surface area contributed by atoms with Gasteiger partial charge in [0.1, 0.15) is 11.2 Å². The van der Waals surface area contributed by atoms with Crippen LogP contribution in [0.2, 0.25) is 0 Å². The summed E-state index contributed by atoms with van der Waals surface area (Å²) in [5.41, 5.74) is 0.221. The molecule has 0 radical (unpaired) electrons. The molecule has 5 rings (SSSR count). The first-order valence-electron chi connectivity index (χ1n) is 15.1. The summed E-state index contributed by atoms with van der Waals surface area (Å²) < 4.78 is 11.3. The molecule has 43 heavy (non-hydrogen) atoms. The lowest BCUT2D eigenvalue weighted by Gasteiger charge is -2.56. The molecule has 2 amide bonds. The third-order valence-electron chi connectivity index (χ3n) is 8.67. The van der Waals surface area contributed by atoms with E-state index in [4.69, 9.17) is 9.26 Å². The Morgan fingerprint density at radius 2 is 1.79 bits per heavy atom. The first-order chi connectivity index (χ1) is 20.2. The van der Waals surface area contributed by atoms with Crippen molar-refractivity contribution in [2.75, 3.05) is 26.2 Å². The molecule has 1 aromatic carbocycles. The van der Waals surface area contributed by atoms with Gasteiger partial charge in [-0.05, 0) is 56.7 Å². The number of aliphatic hydroxyl groups is 1. The van der Waals surface area contributed by atoms with Crippen LogP contribution in [-0.2, 0) is 15.1 Å². The van der Waals surface area contributed by atoms with Crippen LogP contribution < -0.4 is 0 Å². The average Bonchev–Trinajstić information content (AvgIpc) is 3.45. The fourth-order valence-corrected chi connectivity index (χ4v) is 6.20. The van der Waals surface area contributed by atoms with Crippen LogP contribution in [0.3, 0.4) is 0 Å². The Hall–Kier alpha value is -3.79. The largest absolute Gasteiger partial charge is 0.444 e. The highest BCUT2D eigenvalue weighted by molar-refractivity contribution is 5.73. The molecule has 4 heterocycles. The third-order valence-corrected chi connectivity index (χ3v) is 8.67. The normalized spacial score (nSPS) is 20.0. The number of nitrogens with zero attached hydrogens (tertiary/aromatic N) is 5. The summed E-state index contributed by atoms with van der Waals surface area (Å²) in [5.74, 6) is 1.21. The van der Waals surface area contributed by atoms with Crippen LogP contribution in [0.25, 0.3) is 11.4 Å². The van der Waals surface area contributed by atoms with E-state index in [0.29, 0.717) is 54.0 Å². The predicted octanol–water partition coefficient (Wildman–Crippen LogP) is 5.47. The number of rotatable bonds is 6. The first-order valence-corrected chi connectivity index (χ1v) is 15.1. The zero-order valence-electron chi connectivity index (χ0n) is 26.3. The highest BCUT2D eigenvalue weighted by atomic mass is 16.6. The number of carbonyl (C=O) groups excluding carboxylic acids is 2. The van der Waals surface area contributed by atoms with Crippen LogP contribution in [0, 0.1) is 5.41 Å². The predicted molar refractivity (Wildman–Crippen MR) is 161 cm³/mol. The van der Waals surface area contributed by atoms with Crippen molar-refractivity contribution in [3.63, 3.8) is 0 Å². The highest BCUT2D eigenvalue weighted by Crippen LogP contribution is 2.51. The molecule has 2 aliphatic rings. The summed E-state index contributed by atoms with van der Waals surface area (Å²) >= 11 is 0. The van der Waals surface area contributed by atoms with Crippen LogP contribution in [0.1, 0.15) is 95.7 Å². The molecule has 230 valence electrons. The lowest BCUT2D eigenvalue weighted by molar-refractivity contribution is -0.131. The summed E-state index contributed by atoms with van der Waals surface area (Å²) in [6, 6.07) is 9.84. The van der Waals surface area contributed by atoms with Crippen LogP contribution >= 0.6 is 0 Å². The number of benzene rings is 1. The van der Waals surface area contributed by atoms with Crippen molar-refractivity contribution >= 4 is 12.0 Å². The van der Waals surface area contributed by atoms with E-state index in [0.717, 1.165) is 24.9 Å². The molecule has 0 spiro atoms. The van der Waals surface area contributed by atoms with Gasteiger partial charge >= 0.3 is 6.09 Å². The maximum atomic E-state index is 12.8. The Bertz CT molecular complexity index is 1470. The van der Waals surface area contributed by atoms with Crippen LogP contribution in [0.15, 0.2) is 47.2 Å². The van der Waals surface area contributed by atoms with Gasteiger partial charge in [0.05, 0.1) is 5.92 Å². The topological polar surface area (TPSA) is 122 Å². The molecule has 10 nitrogen and oxygen atoms in total. The molecule has 0 saturated carbocycles. The minimum atomic E-state index is -1.48. The molecule has 10 heteroatoms. The van der Waals surface area contributed by atoms with E-state index >= 15 is 0 Å². The van der Waals surface area contributed by atoms with E-state index < -0.39 is 22.7 Å². The monoisotopic (exact) mass is 589 g/mol. The zero-order chi connectivity index (χ0) is 31.2. The summed E-state index contributed by atoms with van der Waals surface area (Å²) in [5, 5.41) is 17.0. The van der Waals surface area contributed by atoms with Gasteiger partial charge in [-0.1, -0.05) is 50.2 Å². The molecule has 3 aromatic rings. The van der Waals surface area contributed by atoms with E-state index in [1.54, 1.807) is 24.2 Å². The van der Waals surface area contributed by atoms with Crippen molar-refractivity contribution in [2.24, 2.45) is 5.41 Å².